The van der Waals surface area contributed by atoms with Crippen LogP contribution in [0.4, 0.5) is 11.4 Å². The molecule has 0 atom stereocenters. The summed E-state index contributed by atoms with van der Waals surface area (Å²) in [5.74, 6) is 1.25. The van der Waals surface area contributed by atoms with Crippen molar-refractivity contribution in [1.29, 1.82) is 5.26 Å². The molecule has 35 heavy (non-hydrogen) atoms. The number of hydrogen-bond donors (Lipinski definition) is 2. The highest BCUT2D eigenvalue weighted by atomic mass is 16.6. The average molecular weight is 479 g/mol. The van der Waals surface area contributed by atoms with Crippen molar-refractivity contribution in [3.05, 3.63) is 59.7 Å². The van der Waals surface area contributed by atoms with Gasteiger partial charge in [0, 0.05) is 38.9 Å². The Labute approximate surface area is 207 Å². The molecule has 186 valence electrons. The fourth-order valence-electron chi connectivity index (χ4n) is 4.69. The van der Waals surface area contributed by atoms with Gasteiger partial charge in [-0.3, -0.25) is 4.79 Å². The number of nitrogens with one attached hydrogen (secondary N) is 1. The lowest BCUT2D eigenvalue weighted by atomic mass is 10.0. The smallest absolute Gasteiger partial charge is 0.246 e. The molecule has 3 heterocycles. The third-order valence-electron chi connectivity index (χ3n) is 6.65. The fraction of sp³-hybridized carbons (Fsp3) is 0.462. The van der Waals surface area contributed by atoms with Gasteiger partial charge in [0.25, 0.3) is 0 Å². The van der Waals surface area contributed by atoms with Crippen LogP contribution in [0, 0.1) is 11.3 Å². The molecule has 1 aromatic rings. The van der Waals surface area contributed by atoms with Crippen LogP contribution < -0.4 is 20.9 Å². The Bertz CT molecular complexity index is 1050. The number of rotatable bonds is 7. The molecule has 0 unspecified atom stereocenters. The molecule has 1 amide bonds. The van der Waals surface area contributed by atoms with Crippen molar-refractivity contribution >= 4 is 17.3 Å². The minimum absolute atomic E-state index is 0.0688. The van der Waals surface area contributed by atoms with Gasteiger partial charge in [0.2, 0.25) is 5.91 Å². The summed E-state index contributed by atoms with van der Waals surface area (Å²) in [6, 6.07) is 8.14. The number of fused-ring (bicyclic) bond motifs is 1. The molecule has 9 heteroatoms. The summed E-state index contributed by atoms with van der Waals surface area (Å²) in [5, 5.41) is 12.9. The number of benzene rings is 1. The van der Waals surface area contributed by atoms with E-state index in [1.165, 1.54) is 6.20 Å². The van der Waals surface area contributed by atoms with Crippen molar-refractivity contribution in [2.24, 2.45) is 5.73 Å². The molecule has 0 saturated carbocycles. The van der Waals surface area contributed by atoms with E-state index in [1.807, 2.05) is 35.1 Å². The lowest BCUT2D eigenvalue weighted by molar-refractivity contribution is -0.117. The SMILES string of the molecule is C=C(/C=C1/OCCO/C1=C/N)CNC1CCN(CCN2C(=O)CN(C)c3ccc(C#N)cc32)CC1. The van der Waals surface area contributed by atoms with Crippen molar-refractivity contribution in [3.8, 4) is 6.07 Å². The van der Waals surface area contributed by atoms with Gasteiger partial charge in [-0.25, -0.2) is 0 Å². The molecule has 3 aliphatic heterocycles. The highest BCUT2D eigenvalue weighted by molar-refractivity contribution is 6.03. The van der Waals surface area contributed by atoms with Crippen molar-refractivity contribution in [2.75, 3.05) is 69.3 Å². The normalized spacial score (nSPS) is 21.4. The number of nitrogens with two attached hydrogens (primary N) is 1. The van der Waals surface area contributed by atoms with Crippen molar-refractivity contribution < 1.29 is 14.3 Å². The second-order valence-corrected chi connectivity index (χ2v) is 9.11. The number of nitriles is 1. The molecule has 0 aromatic heterocycles. The van der Waals surface area contributed by atoms with E-state index in [0.29, 0.717) is 56.0 Å². The first-order chi connectivity index (χ1) is 17.0. The van der Waals surface area contributed by atoms with E-state index in [9.17, 15) is 10.1 Å². The molecule has 0 spiro atoms. The molecule has 0 radical (unpaired) electrons. The van der Waals surface area contributed by atoms with Gasteiger partial charge >= 0.3 is 0 Å². The summed E-state index contributed by atoms with van der Waals surface area (Å²) in [7, 11) is 1.91. The number of likely N-dealkylation sites (N-methyl/N-ethyl adjacent to an activating group) is 1. The molecule has 0 aliphatic carbocycles. The minimum atomic E-state index is 0.0688. The summed E-state index contributed by atoms with van der Waals surface area (Å²) in [4.78, 5) is 18.9. The average Bonchev–Trinajstić information content (AvgIpc) is 2.88. The summed E-state index contributed by atoms with van der Waals surface area (Å²) in [6.07, 6.45) is 5.35. The quantitative estimate of drug-likeness (QED) is 0.610. The van der Waals surface area contributed by atoms with Gasteiger partial charge in [0.15, 0.2) is 11.5 Å². The Hall–Kier alpha value is -3.48. The molecule has 2 saturated heterocycles. The second-order valence-electron chi connectivity index (χ2n) is 9.11. The summed E-state index contributed by atoms with van der Waals surface area (Å²) in [5.41, 5.74) is 8.90. The van der Waals surface area contributed by atoms with Crippen LogP contribution in [0.5, 0.6) is 0 Å². The van der Waals surface area contributed by atoms with E-state index < -0.39 is 0 Å². The van der Waals surface area contributed by atoms with Crippen LogP contribution in [0.2, 0.25) is 0 Å². The maximum Gasteiger partial charge on any atom is 0.246 e. The van der Waals surface area contributed by atoms with Gasteiger partial charge in [-0.1, -0.05) is 6.58 Å². The molecule has 3 N–H and O–H groups in total. The van der Waals surface area contributed by atoms with E-state index in [4.69, 9.17) is 15.2 Å². The fourth-order valence-corrected chi connectivity index (χ4v) is 4.69. The van der Waals surface area contributed by atoms with Crippen molar-refractivity contribution in [3.63, 3.8) is 0 Å². The van der Waals surface area contributed by atoms with Gasteiger partial charge in [0.05, 0.1) is 29.6 Å². The summed E-state index contributed by atoms with van der Waals surface area (Å²) in [6.45, 7) is 9.52. The topological polar surface area (TPSA) is 107 Å². The second kappa shape index (κ2) is 11.3. The molecular formula is C26H34N6O3. The van der Waals surface area contributed by atoms with Gasteiger partial charge < -0.3 is 35.2 Å². The predicted molar refractivity (Wildman–Crippen MR) is 136 cm³/mol. The highest BCUT2D eigenvalue weighted by Crippen LogP contribution is 2.33. The number of amides is 1. The van der Waals surface area contributed by atoms with E-state index in [-0.39, 0.29) is 5.91 Å². The van der Waals surface area contributed by atoms with Gasteiger partial charge in [-0.15, -0.1) is 0 Å². The first kappa shape index (κ1) is 24.6. The third-order valence-corrected chi connectivity index (χ3v) is 6.65. The van der Waals surface area contributed by atoms with E-state index in [1.54, 1.807) is 6.07 Å². The molecule has 2 fully saturated rings. The molecule has 4 rings (SSSR count). The van der Waals surface area contributed by atoms with Crippen molar-refractivity contribution in [1.82, 2.24) is 10.2 Å². The zero-order chi connectivity index (χ0) is 24.8. The van der Waals surface area contributed by atoms with Gasteiger partial charge in [0.1, 0.15) is 13.2 Å². The molecule has 0 bridgehead atoms. The first-order valence-corrected chi connectivity index (χ1v) is 12.1. The minimum Gasteiger partial charge on any atom is -0.486 e. The molecule has 3 aliphatic rings. The number of ether oxygens (including phenoxy) is 2. The standard InChI is InChI=1S/C26H34N6O3/c1-19(13-24-25(16-28)35-12-11-34-24)17-29-21-5-7-31(8-6-21)9-10-32-23-14-20(15-27)3-4-22(23)30(2)18-26(32)33/h3-4,13-14,16,21,29H,1,5-12,17-18,28H2,2H3/b24-13+,25-16+. The van der Waals surface area contributed by atoms with Crippen LogP contribution in [-0.4, -0.2) is 76.4 Å². The number of anilines is 2. The predicted octanol–water partition coefficient (Wildman–Crippen LogP) is 1.68. The van der Waals surface area contributed by atoms with E-state index in [0.717, 1.165) is 49.4 Å². The Morgan fingerprint density at radius 3 is 2.69 bits per heavy atom. The van der Waals surface area contributed by atoms with Crippen LogP contribution >= 0.6 is 0 Å². The summed E-state index contributed by atoms with van der Waals surface area (Å²) < 4.78 is 11.1. The Balaban J connectivity index is 1.24. The van der Waals surface area contributed by atoms with E-state index >= 15 is 0 Å². The molecular weight excluding hydrogens is 444 g/mol. The van der Waals surface area contributed by atoms with Gasteiger partial charge in [-0.05, 0) is 55.8 Å². The monoisotopic (exact) mass is 478 g/mol. The first-order valence-electron chi connectivity index (χ1n) is 12.1. The third kappa shape index (κ3) is 5.96. The zero-order valence-electron chi connectivity index (χ0n) is 20.3. The van der Waals surface area contributed by atoms with E-state index in [2.05, 4.69) is 22.9 Å². The number of carbonyl (C=O) groups is 1. The lowest BCUT2D eigenvalue weighted by Crippen LogP contribution is -2.49. The maximum atomic E-state index is 12.8. The maximum absolute atomic E-state index is 12.8. The molecule has 1 aromatic carbocycles. The van der Waals surface area contributed by atoms with Crippen LogP contribution in [0.25, 0.3) is 0 Å². The van der Waals surface area contributed by atoms with Crippen LogP contribution in [0.15, 0.2) is 54.1 Å². The largest absolute Gasteiger partial charge is 0.486 e. The number of carbonyl (C=O) groups excluding carboxylic acids is 1. The zero-order valence-corrected chi connectivity index (χ0v) is 20.3. The Kier molecular flexibility index (Phi) is 7.95. The Morgan fingerprint density at radius 1 is 1.23 bits per heavy atom. The summed E-state index contributed by atoms with van der Waals surface area (Å²) >= 11 is 0. The highest BCUT2D eigenvalue weighted by Gasteiger charge is 2.28. The Morgan fingerprint density at radius 2 is 1.97 bits per heavy atom. The number of hydrogen-bond acceptors (Lipinski definition) is 8. The molecule has 9 nitrogen and oxygen atoms in total. The number of piperidine rings is 1. The number of likely N-dealkylation sites (tertiary alicyclic amines) is 1. The van der Waals surface area contributed by atoms with Crippen molar-refractivity contribution in [2.45, 2.75) is 18.9 Å². The van der Waals surface area contributed by atoms with Gasteiger partial charge in [-0.2, -0.15) is 5.26 Å². The number of nitrogens with zero attached hydrogens (tertiary/aromatic N) is 4. The van der Waals surface area contributed by atoms with Crippen LogP contribution in [-0.2, 0) is 14.3 Å². The van der Waals surface area contributed by atoms with Crippen LogP contribution in [0.3, 0.4) is 0 Å². The van der Waals surface area contributed by atoms with Crippen LogP contribution in [0.1, 0.15) is 18.4 Å². The lowest BCUT2D eigenvalue weighted by Gasteiger charge is -2.38.